The van der Waals surface area contributed by atoms with Gasteiger partial charge in [0.15, 0.2) is 0 Å². The number of anilines is 1. The molecule has 7 heteroatoms. The molecule has 0 saturated heterocycles. The third kappa shape index (κ3) is 3.35. The van der Waals surface area contributed by atoms with Crippen LogP contribution in [-0.4, -0.2) is 32.7 Å². The number of hydrogen-bond acceptors (Lipinski definition) is 5. The van der Waals surface area contributed by atoms with Crippen molar-refractivity contribution < 1.29 is 19.4 Å². The third-order valence-corrected chi connectivity index (χ3v) is 3.74. The topological polar surface area (TPSA) is 101 Å². The molecular formula is C15H21N3O4. The first-order valence-corrected chi connectivity index (χ1v) is 7.07. The highest BCUT2D eigenvalue weighted by atomic mass is 16.6. The second-order valence-corrected chi connectivity index (χ2v) is 7.08. The van der Waals surface area contributed by atoms with E-state index in [0.717, 1.165) is 5.56 Å². The summed E-state index contributed by atoms with van der Waals surface area (Å²) in [4.78, 5) is 30.9. The van der Waals surface area contributed by atoms with Crippen LogP contribution in [0.2, 0.25) is 0 Å². The van der Waals surface area contributed by atoms with E-state index in [9.17, 15) is 14.7 Å². The van der Waals surface area contributed by atoms with E-state index < -0.39 is 23.6 Å². The highest BCUT2D eigenvalue weighted by Crippen LogP contribution is 2.64. The summed E-state index contributed by atoms with van der Waals surface area (Å²) in [7, 11) is 0. The number of nitrogens with one attached hydrogen (secondary N) is 1. The summed E-state index contributed by atoms with van der Waals surface area (Å²) in [6, 6.07) is 0. The van der Waals surface area contributed by atoms with Crippen molar-refractivity contribution in [3.63, 3.8) is 0 Å². The number of amides is 1. The van der Waals surface area contributed by atoms with E-state index in [2.05, 4.69) is 15.3 Å². The van der Waals surface area contributed by atoms with Crippen molar-refractivity contribution in [2.24, 2.45) is 11.3 Å². The number of aliphatic carboxylic acids is 1. The standard InChI is InChI=1S/C15H21N3O4/c1-14(2,3)22-13(21)18-12-16-6-8(7-17-12)9-10(11(19)20)15(9,4)5/h6-7,9-10H,1-5H3,(H,19,20)(H,16,17,18,21)/t9-,10+/m1/s1. The molecule has 22 heavy (non-hydrogen) atoms. The molecule has 2 rings (SSSR count). The third-order valence-electron chi connectivity index (χ3n) is 3.74. The average Bonchev–Trinajstić information content (AvgIpc) is 2.91. The van der Waals surface area contributed by atoms with Crippen molar-refractivity contribution in [2.75, 3.05) is 5.32 Å². The molecule has 2 N–H and O–H groups in total. The Morgan fingerprint density at radius 3 is 2.23 bits per heavy atom. The monoisotopic (exact) mass is 307 g/mol. The number of carbonyl (C=O) groups excluding carboxylic acids is 1. The number of nitrogens with zero attached hydrogens (tertiary/aromatic N) is 2. The van der Waals surface area contributed by atoms with Crippen molar-refractivity contribution in [1.82, 2.24) is 9.97 Å². The van der Waals surface area contributed by atoms with Crippen LogP contribution in [0.4, 0.5) is 10.7 Å². The zero-order valence-electron chi connectivity index (χ0n) is 13.4. The Bertz CT molecular complexity index is 590. The first-order valence-electron chi connectivity index (χ1n) is 7.07. The lowest BCUT2D eigenvalue weighted by atomic mass is 10.1. The van der Waals surface area contributed by atoms with E-state index >= 15 is 0 Å². The molecule has 1 aromatic rings. The SMILES string of the molecule is CC(C)(C)OC(=O)Nc1ncc([C@@H]2[C@@H](C(=O)O)C2(C)C)cn1. The largest absolute Gasteiger partial charge is 0.481 e. The Morgan fingerprint density at radius 2 is 1.82 bits per heavy atom. The molecule has 1 aliphatic rings. The number of carboxylic acids is 1. The quantitative estimate of drug-likeness (QED) is 0.890. The molecule has 0 bridgehead atoms. The van der Waals surface area contributed by atoms with Gasteiger partial charge in [-0.1, -0.05) is 13.8 Å². The normalized spacial score (nSPS) is 22.8. The molecule has 0 unspecified atom stereocenters. The first-order chi connectivity index (χ1) is 10.0. The van der Waals surface area contributed by atoms with Crippen LogP contribution in [0.25, 0.3) is 0 Å². The summed E-state index contributed by atoms with van der Waals surface area (Å²) in [5, 5.41) is 11.6. The molecule has 0 aliphatic heterocycles. The molecule has 1 amide bonds. The Kier molecular flexibility index (Phi) is 3.85. The summed E-state index contributed by atoms with van der Waals surface area (Å²) in [5.41, 5.74) is -0.154. The molecule has 2 atom stereocenters. The van der Waals surface area contributed by atoms with Gasteiger partial charge < -0.3 is 9.84 Å². The summed E-state index contributed by atoms with van der Waals surface area (Å²) >= 11 is 0. The molecular weight excluding hydrogens is 286 g/mol. The molecule has 1 fully saturated rings. The number of rotatable bonds is 3. The smallest absolute Gasteiger partial charge is 0.414 e. The number of carboxylic acid groups (broad SMARTS) is 1. The van der Waals surface area contributed by atoms with Gasteiger partial charge in [0.1, 0.15) is 5.60 Å². The Labute approximate surface area is 129 Å². The maximum Gasteiger partial charge on any atom is 0.414 e. The van der Waals surface area contributed by atoms with Gasteiger partial charge in [0.05, 0.1) is 5.92 Å². The molecule has 120 valence electrons. The van der Waals surface area contributed by atoms with Crippen LogP contribution in [0.5, 0.6) is 0 Å². The minimum Gasteiger partial charge on any atom is -0.481 e. The summed E-state index contributed by atoms with van der Waals surface area (Å²) < 4.78 is 5.11. The maximum absolute atomic E-state index is 11.6. The fourth-order valence-electron chi connectivity index (χ4n) is 2.68. The number of aromatic nitrogens is 2. The van der Waals surface area contributed by atoms with Gasteiger partial charge in [0.2, 0.25) is 5.95 Å². The van der Waals surface area contributed by atoms with E-state index in [0.29, 0.717) is 0 Å². The van der Waals surface area contributed by atoms with Gasteiger partial charge in [0.25, 0.3) is 0 Å². The van der Waals surface area contributed by atoms with Crippen LogP contribution in [-0.2, 0) is 9.53 Å². The highest BCUT2D eigenvalue weighted by molar-refractivity contribution is 5.82. The van der Waals surface area contributed by atoms with Gasteiger partial charge in [0, 0.05) is 18.3 Å². The van der Waals surface area contributed by atoms with Crippen LogP contribution in [0.3, 0.4) is 0 Å². The lowest BCUT2D eigenvalue weighted by Gasteiger charge is -2.19. The zero-order valence-corrected chi connectivity index (χ0v) is 13.4. The summed E-state index contributed by atoms with van der Waals surface area (Å²) in [6.07, 6.45) is 2.47. The van der Waals surface area contributed by atoms with Crippen LogP contribution >= 0.6 is 0 Å². The second kappa shape index (κ2) is 5.23. The predicted molar refractivity (Wildman–Crippen MR) is 79.5 cm³/mol. The Hall–Kier alpha value is -2.18. The lowest BCUT2D eigenvalue weighted by Crippen LogP contribution is -2.27. The van der Waals surface area contributed by atoms with E-state index in [-0.39, 0.29) is 17.3 Å². The molecule has 0 aromatic carbocycles. The lowest BCUT2D eigenvalue weighted by molar-refractivity contribution is -0.139. The summed E-state index contributed by atoms with van der Waals surface area (Å²) in [5.74, 6) is -1.23. The summed E-state index contributed by atoms with van der Waals surface area (Å²) in [6.45, 7) is 9.10. The zero-order chi connectivity index (χ0) is 16.7. The van der Waals surface area contributed by atoms with Crippen molar-refractivity contribution >= 4 is 18.0 Å². The van der Waals surface area contributed by atoms with Gasteiger partial charge >= 0.3 is 12.1 Å². The van der Waals surface area contributed by atoms with Gasteiger partial charge in [-0.15, -0.1) is 0 Å². The van der Waals surface area contributed by atoms with Crippen molar-refractivity contribution in [2.45, 2.75) is 46.1 Å². The highest BCUT2D eigenvalue weighted by Gasteiger charge is 2.62. The van der Waals surface area contributed by atoms with Crippen molar-refractivity contribution in [1.29, 1.82) is 0 Å². The fourth-order valence-corrected chi connectivity index (χ4v) is 2.68. The van der Waals surface area contributed by atoms with Gasteiger partial charge in [-0.25, -0.2) is 14.8 Å². The fraction of sp³-hybridized carbons (Fsp3) is 0.600. The minimum atomic E-state index is -0.814. The van der Waals surface area contributed by atoms with Crippen molar-refractivity contribution in [3.8, 4) is 0 Å². The molecule has 1 heterocycles. The van der Waals surface area contributed by atoms with Crippen LogP contribution in [0, 0.1) is 11.3 Å². The Balaban J connectivity index is 2.03. The van der Waals surface area contributed by atoms with Crippen LogP contribution in [0.15, 0.2) is 12.4 Å². The van der Waals surface area contributed by atoms with Crippen LogP contribution < -0.4 is 5.32 Å². The number of carbonyl (C=O) groups is 2. The predicted octanol–water partition coefficient (Wildman–Crippen LogP) is 2.65. The number of hydrogen-bond donors (Lipinski definition) is 2. The van der Waals surface area contributed by atoms with Crippen molar-refractivity contribution in [3.05, 3.63) is 18.0 Å². The van der Waals surface area contributed by atoms with Gasteiger partial charge in [-0.2, -0.15) is 0 Å². The molecule has 1 aromatic heterocycles. The molecule has 1 aliphatic carbocycles. The molecule has 0 radical (unpaired) electrons. The molecule has 1 saturated carbocycles. The van der Waals surface area contributed by atoms with Gasteiger partial charge in [-0.05, 0) is 31.7 Å². The van der Waals surface area contributed by atoms with E-state index in [1.807, 2.05) is 13.8 Å². The van der Waals surface area contributed by atoms with E-state index in [4.69, 9.17) is 4.74 Å². The van der Waals surface area contributed by atoms with E-state index in [1.54, 1.807) is 33.2 Å². The Morgan fingerprint density at radius 1 is 1.27 bits per heavy atom. The first kappa shape index (κ1) is 16.2. The molecule has 0 spiro atoms. The number of ether oxygens (including phenoxy) is 1. The maximum atomic E-state index is 11.6. The minimum absolute atomic E-state index is 0.111. The van der Waals surface area contributed by atoms with Gasteiger partial charge in [-0.3, -0.25) is 10.1 Å². The van der Waals surface area contributed by atoms with Crippen LogP contribution in [0.1, 0.15) is 46.1 Å². The second-order valence-electron chi connectivity index (χ2n) is 7.08. The molecule has 7 nitrogen and oxygen atoms in total. The van der Waals surface area contributed by atoms with E-state index in [1.165, 1.54) is 0 Å². The average molecular weight is 307 g/mol.